The predicted octanol–water partition coefficient (Wildman–Crippen LogP) is 3.78. The Balaban J connectivity index is 1.68. The number of hydrogen-bond acceptors (Lipinski definition) is 7. The summed E-state index contributed by atoms with van der Waals surface area (Å²) in [6, 6.07) is 15.2. The normalized spacial score (nSPS) is 12.0. The Kier molecular flexibility index (Phi) is 3.09. The molecule has 3 aromatic heterocycles. The molecule has 0 aliphatic carbocycles. The first-order chi connectivity index (χ1) is 12.7. The van der Waals surface area contributed by atoms with Crippen LogP contribution in [0, 0.1) is 0 Å². The minimum atomic E-state index is -0.449. The van der Waals surface area contributed by atoms with Crippen molar-refractivity contribution in [2.24, 2.45) is 10.2 Å². The van der Waals surface area contributed by atoms with Crippen LogP contribution in [0.25, 0.3) is 27.0 Å². The molecule has 0 saturated carbocycles. The van der Waals surface area contributed by atoms with Crippen LogP contribution in [0.5, 0.6) is 0 Å². The Morgan fingerprint density at radius 2 is 1.77 bits per heavy atom. The first kappa shape index (κ1) is 14.7. The van der Waals surface area contributed by atoms with E-state index in [2.05, 4.69) is 25.2 Å². The first-order valence-electron chi connectivity index (χ1n) is 7.77. The van der Waals surface area contributed by atoms with Crippen LogP contribution in [0.1, 0.15) is 0 Å². The highest BCUT2D eigenvalue weighted by Gasteiger charge is 2.14. The number of H-pyrrole nitrogens is 1. The number of nitrogens with one attached hydrogen (secondary N) is 1. The number of thiazole rings is 1. The van der Waals surface area contributed by atoms with E-state index in [4.69, 9.17) is 5.73 Å². The van der Waals surface area contributed by atoms with Gasteiger partial charge in [0.25, 0.3) is 5.56 Å². The summed E-state index contributed by atoms with van der Waals surface area (Å²) in [5.74, 6) is 0.551. The predicted molar refractivity (Wildman–Crippen MR) is 102 cm³/mol. The van der Waals surface area contributed by atoms with Gasteiger partial charge in [0.05, 0.1) is 21.3 Å². The van der Waals surface area contributed by atoms with Gasteiger partial charge in [0.2, 0.25) is 10.9 Å². The van der Waals surface area contributed by atoms with Gasteiger partial charge in [0.1, 0.15) is 5.82 Å². The summed E-state index contributed by atoms with van der Waals surface area (Å²) in [5, 5.41) is 8.63. The zero-order valence-corrected chi connectivity index (χ0v) is 14.1. The van der Waals surface area contributed by atoms with E-state index >= 15 is 0 Å². The maximum absolute atomic E-state index is 12.4. The van der Waals surface area contributed by atoms with E-state index in [9.17, 15) is 4.79 Å². The summed E-state index contributed by atoms with van der Waals surface area (Å²) in [5.41, 5.74) is 8.13. The highest BCUT2D eigenvalue weighted by molar-refractivity contribution is 7.21. The number of azo groups is 1. The van der Waals surface area contributed by atoms with Crippen LogP contribution in [0.3, 0.4) is 0 Å². The molecule has 9 heteroatoms. The van der Waals surface area contributed by atoms with Crippen LogP contribution >= 0.6 is 11.3 Å². The number of anilines is 1. The molecule has 2 aromatic carbocycles. The highest BCUT2D eigenvalue weighted by Crippen LogP contribution is 2.30. The van der Waals surface area contributed by atoms with Crippen molar-refractivity contribution in [3.8, 4) is 0 Å². The van der Waals surface area contributed by atoms with E-state index in [0.717, 1.165) is 21.3 Å². The van der Waals surface area contributed by atoms with Crippen molar-refractivity contribution in [2.45, 2.75) is 0 Å². The van der Waals surface area contributed by atoms with Crippen LogP contribution in [0.15, 0.2) is 63.6 Å². The number of aromatic amines is 1. The maximum atomic E-state index is 12.4. The molecule has 0 saturated heterocycles. The Labute approximate surface area is 149 Å². The molecule has 126 valence electrons. The van der Waals surface area contributed by atoms with Gasteiger partial charge >= 0.3 is 0 Å². The molecule has 0 unspecified atom stereocenters. The van der Waals surface area contributed by atoms with Gasteiger partial charge in [-0.15, -0.1) is 10.2 Å². The van der Waals surface area contributed by atoms with Crippen LogP contribution in [0.4, 0.5) is 16.6 Å². The van der Waals surface area contributed by atoms with Crippen molar-refractivity contribution in [2.75, 3.05) is 5.73 Å². The average molecular weight is 361 g/mol. The molecule has 3 N–H and O–H groups in total. The summed E-state index contributed by atoms with van der Waals surface area (Å²) in [7, 11) is 0. The fourth-order valence-corrected chi connectivity index (χ4v) is 3.62. The number of hydrogen-bond donors (Lipinski definition) is 2. The van der Waals surface area contributed by atoms with Crippen molar-refractivity contribution in [3.05, 3.63) is 58.9 Å². The van der Waals surface area contributed by atoms with Crippen LogP contribution in [-0.2, 0) is 0 Å². The van der Waals surface area contributed by atoms with E-state index in [-0.39, 0.29) is 11.5 Å². The lowest BCUT2D eigenvalue weighted by molar-refractivity contribution is 1.08. The van der Waals surface area contributed by atoms with Gasteiger partial charge in [0, 0.05) is 0 Å². The second kappa shape index (κ2) is 5.46. The summed E-state index contributed by atoms with van der Waals surface area (Å²) in [6.07, 6.45) is 0. The number of rotatable bonds is 2. The van der Waals surface area contributed by atoms with Gasteiger partial charge in [-0.25, -0.2) is 9.97 Å². The van der Waals surface area contributed by atoms with Crippen molar-refractivity contribution >= 4 is 55.0 Å². The Morgan fingerprint density at radius 3 is 2.62 bits per heavy atom. The maximum Gasteiger partial charge on any atom is 0.282 e. The summed E-state index contributed by atoms with van der Waals surface area (Å²) in [4.78, 5) is 23.8. The third-order valence-corrected chi connectivity index (χ3v) is 4.92. The fourth-order valence-electron chi connectivity index (χ4n) is 2.83. The molecular formula is C17H11N7OS. The Bertz CT molecular complexity index is 1350. The van der Waals surface area contributed by atoms with E-state index < -0.39 is 5.56 Å². The molecule has 3 heterocycles. The van der Waals surface area contributed by atoms with Gasteiger partial charge < -0.3 is 5.73 Å². The lowest BCUT2D eigenvalue weighted by Gasteiger charge is -2.02. The number of nitrogens with zero attached hydrogens (tertiary/aromatic N) is 5. The Hall–Kier alpha value is -3.59. The van der Waals surface area contributed by atoms with Gasteiger partial charge in [-0.05, 0) is 24.3 Å². The molecule has 0 radical (unpaired) electrons. The third-order valence-electron chi connectivity index (χ3n) is 4.00. The van der Waals surface area contributed by atoms with Crippen molar-refractivity contribution in [1.82, 2.24) is 19.4 Å². The largest absolute Gasteiger partial charge is 0.383 e. The zero-order valence-electron chi connectivity index (χ0n) is 13.2. The number of benzene rings is 2. The Morgan fingerprint density at radius 1 is 1.00 bits per heavy atom. The second-order valence-corrected chi connectivity index (χ2v) is 6.62. The minimum absolute atomic E-state index is 0.0277. The van der Waals surface area contributed by atoms with Gasteiger partial charge in [-0.1, -0.05) is 35.6 Å². The summed E-state index contributed by atoms with van der Waals surface area (Å²) in [6.45, 7) is 0. The highest BCUT2D eigenvalue weighted by atomic mass is 32.1. The molecule has 0 aliphatic heterocycles. The third kappa shape index (κ3) is 2.18. The molecular weight excluding hydrogens is 350 g/mol. The molecule has 0 atom stereocenters. The molecule has 5 aromatic rings. The monoisotopic (exact) mass is 361 g/mol. The van der Waals surface area contributed by atoms with E-state index in [1.807, 2.05) is 48.5 Å². The van der Waals surface area contributed by atoms with E-state index in [1.165, 1.54) is 11.3 Å². The molecule has 26 heavy (non-hydrogen) atoms. The molecule has 0 aliphatic rings. The SMILES string of the molecule is Nc1c(N=Nc2nc3ccccc3s2)c(=O)[nH]c2nc3ccccc3n12. The van der Waals surface area contributed by atoms with Gasteiger partial charge in [0.15, 0.2) is 5.69 Å². The molecule has 0 bridgehead atoms. The molecule has 8 nitrogen and oxygen atoms in total. The van der Waals surface area contributed by atoms with Crippen LogP contribution in [0.2, 0.25) is 0 Å². The van der Waals surface area contributed by atoms with E-state index in [1.54, 1.807) is 4.40 Å². The lowest BCUT2D eigenvalue weighted by atomic mass is 10.3. The van der Waals surface area contributed by atoms with Crippen LogP contribution in [-0.4, -0.2) is 19.4 Å². The van der Waals surface area contributed by atoms with Crippen molar-refractivity contribution < 1.29 is 0 Å². The molecule has 0 amide bonds. The number of nitrogen functional groups attached to an aromatic ring is 1. The zero-order chi connectivity index (χ0) is 17.7. The number of para-hydroxylation sites is 3. The number of imidazole rings is 1. The average Bonchev–Trinajstić information content (AvgIpc) is 3.21. The first-order valence-corrected chi connectivity index (χ1v) is 8.58. The molecule has 0 fully saturated rings. The summed E-state index contributed by atoms with van der Waals surface area (Å²) < 4.78 is 2.66. The number of nitrogens with two attached hydrogens (primary N) is 1. The smallest absolute Gasteiger partial charge is 0.282 e. The second-order valence-electron chi connectivity index (χ2n) is 5.61. The van der Waals surface area contributed by atoms with Crippen molar-refractivity contribution in [1.29, 1.82) is 0 Å². The lowest BCUT2D eigenvalue weighted by Crippen LogP contribution is -2.12. The van der Waals surface area contributed by atoms with Crippen LogP contribution < -0.4 is 11.3 Å². The van der Waals surface area contributed by atoms with E-state index in [0.29, 0.717) is 10.9 Å². The van der Waals surface area contributed by atoms with Gasteiger partial charge in [-0.3, -0.25) is 14.2 Å². The number of aromatic nitrogens is 4. The van der Waals surface area contributed by atoms with Gasteiger partial charge in [-0.2, -0.15) is 0 Å². The molecule has 5 rings (SSSR count). The standard InChI is InChI=1S/C17H11N7OS/c18-14-13(22-23-17-20-10-6-2-4-8-12(10)26-17)15(25)21-16-19-9-5-1-3-7-11(9)24(14)16/h1-8H,18H2,(H,19,21,25). The summed E-state index contributed by atoms with van der Waals surface area (Å²) >= 11 is 1.39. The minimum Gasteiger partial charge on any atom is -0.383 e. The fraction of sp³-hybridized carbons (Fsp3) is 0. The molecule has 0 spiro atoms. The topological polar surface area (TPSA) is 114 Å². The van der Waals surface area contributed by atoms with Crippen molar-refractivity contribution in [3.63, 3.8) is 0 Å². The quantitative estimate of drug-likeness (QED) is 0.466. The number of fused-ring (bicyclic) bond motifs is 4.